The molecule has 3 aliphatic rings. The molecule has 0 aromatic heterocycles. The Kier molecular flexibility index (Phi) is 3.90. The Labute approximate surface area is 144 Å². The van der Waals surface area contributed by atoms with E-state index in [1.807, 2.05) is 0 Å². The van der Waals surface area contributed by atoms with Gasteiger partial charge in [0, 0.05) is 23.9 Å². The number of fused-ring (bicyclic) bond motifs is 2. The molecule has 3 aliphatic carbocycles. The zero-order valence-electron chi connectivity index (χ0n) is 14.2. The van der Waals surface area contributed by atoms with Gasteiger partial charge in [0.05, 0.1) is 0 Å². The van der Waals surface area contributed by atoms with Crippen molar-refractivity contribution in [2.75, 3.05) is 6.61 Å². The van der Waals surface area contributed by atoms with Crippen LogP contribution in [0.25, 0.3) is 6.08 Å². The van der Waals surface area contributed by atoms with Gasteiger partial charge in [0.15, 0.2) is 0 Å². The molecule has 0 spiro atoms. The van der Waals surface area contributed by atoms with Crippen LogP contribution in [0.2, 0.25) is 0 Å². The molecule has 1 heteroatoms. The molecule has 1 nitrogen and oxygen atoms in total. The SMILES string of the molecule is CC(CCCO)(C1=CC=C2C=CC=CC21)C1C=Cc2ccccc21. The lowest BCUT2D eigenvalue weighted by atomic mass is 9.63. The Bertz CT molecular complexity index is 790. The standard InChI is InChI=1S/C23H24O/c1-23(15-6-16-24,21-13-11-17-7-2-4-9-19(17)21)22-14-12-18-8-3-5-10-20(18)22/h2-5,7-14,19,22,24H,6,15-16H2,1H3. The Morgan fingerprint density at radius 1 is 1.04 bits per heavy atom. The van der Waals surface area contributed by atoms with Gasteiger partial charge in [-0.3, -0.25) is 0 Å². The van der Waals surface area contributed by atoms with Gasteiger partial charge in [0.2, 0.25) is 0 Å². The first-order valence-corrected chi connectivity index (χ1v) is 8.89. The van der Waals surface area contributed by atoms with Crippen LogP contribution in [0, 0.1) is 11.3 Å². The van der Waals surface area contributed by atoms with E-state index < -0.39 is 0 Å². The van der Waals surface area contributed by atoms with Gasteiger partial charge >= 0.3 is 0 Å². The van der Waals surface area contributed by atoms with Crippen molar-refractivity contribution < 1.29 is 5.11 Å². The van der Waals surface area contributed by atoms with Gasteiger partial charge < -0.3 is 5.11 Å². The molecule has 3 atom stereocenters. The smallest absolute Gasteiger partial charge is 0.0431 e. The zero-order chi connectivity index (χ0) is 16.6. The molecule has 1 aromatic carbocycles. The molecule has 0 aliphatic heterocycles. The molecule has 0 radical (unpaired) electrons. The lowest BCUT2D eigenvalue weighted by molar-refractivity contribution is 0.235. The van der Waals surface area contributed by atoms with Gasteiger partial charge in [-0.2, -0.15) is 0 Å². The number of rotatable bonds is 5. The third-order valence-electron chi connectivity index (χ3n) is 5.85. The van der Waals surface area contributed by atoms with Crippen LogP contribution < -0.4 is 0 Å². The lowest BCUT2D eigenvalue weighted by Gasteiger charge is -2.40. The maximum atomic E-state index is 9.47. The van der Waals surface area contributed by atoms with Crippen molar-refractivity contribution in [3.63, 3.8) is 0 Å². The van der Waals surface area contributed by atoms with E-state index in [9.17, 15) is 5.11 Å². The fraction of sp³-hybridized carbons (Fsp3) is 0.304. The number of hydrogen-bond donors (Lipinski definition) is 1. The highest BCUT2D eigenvalue weighted by molar-refractivity contribution is 5.64. The molecular weight excluding hydrogens is 292 g/mol. The molecule has 0 saturated heterocycles. The maximum Gasteiger partial charge on any atom is 0.0431 e. The molecule has 4 rings (SSSR count). The minimum atomic E-state index is 0.0181. The highest BCUT2D eigenvalue weighted by atomic mass is 16.2. The Morgan fingerprint density at radius 3 is 2.79 bits per heavy atom. The summed E-state index contributed by atoms with van der Waals surface area (Å²) in [5.41, 5.74) is 5.65. The molecule has 24 heavy (non-hydrogen) atoms. The molecule has 122 valence electrons. The summed E-state index contributed by atoms with van der Waals surface area (Å²) >= 11 is 0. The van der Waals surface area contributed by atoms with Crippen LogP contribution in [-0.4, -0.2) is 11.7 Å². The van der Waals surface area contributed by atoms with Crippen LogP contribution in [0.1, 0.15) is 36.8 Å². The maximum absolute atomic E-state index is 9.47. The Balaban J connectivity index is 1.74. The summed E-state index contributed by atoms with van der Waals surface area (Å²) in [4.78, 5) is 0. The summed E-state index contributed by atoms with van der Waals surface area (Å²) in [6.07, 6.45) is 19.9. The second-order valence-electron chi connectivity index (χ2n) is 7.22. The molecule has 0 amide bonds. The van der Waals surface area contributed by atoms with E-state index in [4.69, 9.17) is 0 Å². The lowest BCUT2D eigenvalue weighted by Crippen LogP contribution is -2.30. The number of aliphatic hydroxyl groups is 1. The van der Waals surface area contributed by atoms with Gasteiger partial charge in [-0.25, -0.2) is 0 Å². The second-order valence-corrected chi connectivity index (χ2v) is 7.22. The van der Waals surface area contributed by atoms with Crippen LogP contribution in [0.15, 0.2) is 77.9 Å². The van der Waals surface area contributed by atoms with Crippen molar-refractivity contribution in [1.29, 1.82) is 0 Å². The molecular formula is C23H24O. The third kappa shape index (κ3) is 2.35. The van der Waals surface area contributed by atoms with Gasteiger partial charge in [-0.15, -0.1) is 0 Å². The molecule has 0 heterocycles. The number of benzene rings is 1. The van der Waals surface area contributed by atoms with E-state index in [0.29, 0.717) is 11.8 Å². The Hall–Kier alpha value is -2.12. The number of aliphatic hydroxyl groups excluding tert-OH is 1. The van der Waals surface area contributed by atoms with Crippen molar-refractivity contribution >= 4 is 6.08 Å². The monoisotopic (exact) mass is 316 g/mol. The largest absolute Gasteiger partial charge is 0.396 e. The van der Waals surface area contributed by atoms with Crippen molar-refractivity contribution in [1.82, 2.24) is 0 Å². The van der Waals surface area contributed by atoms with E-state index >= 15 is 0 Å². The van der Waals surface area contributed by atoms with Crippen LogP contribution in [0.5, 0.6) is 0 Å². The first kappa shape index (κ1) is 15.4. The van der Waals surface area contributed by atoms with Crippen molar-refractivity contribution in [3.05, 3.63) is 89.1 Å². The summed E-state index contributed by atoms with van der Waals surface area (Å²) < 4.78 is 0. The van der Waals surface area contributed by atoms with Gasteiger partial charge in [-0.05, 0) is 29.5 Å². The topological polar surface area (TPSA) is 20.2 Å². The van der Waals surface area contributed by atoms with Crippen LogP contribution in [0.3, 0.4) is 0 Å². The van der Waals surface area contributed by atoms with Gasteiger partial charge in [-0.1, -0.05) is 85.4 Å². The van der Waals surface area contributed by atoms with Crippen LogP contribution >= 0.6 is 0 Å². The summed E-state index contributed by atoms with van der Waals surface area (Å²) in [5, 5.41) is 9.47. The predicted molar refractivity (Wildman–Crippen MR) is 101 cm³/mol. The highest BCUT2D eigenvalue weighted by Gasteiger charge is 2.42. The first-order chi connectivity index (χ1) is 11.7. The normalized spacial score (nSPS) is 25.9. The summed E-state index contributed by atoms with van der Waals surface area (Å²) in [5.74, 6) is 0.762. The minimum absolute atomic E-state index is 0.0181. The molecule has 1 aromatic rings. The molecule has 0 bridgehead atoms. The molecule has 3 unspecified atom stereocenters. The van der Waals surface area contributed by atoms with Crippen LogP contribution in [0.4, 0.5) is 0 Å². The van der Waals surface area contributed by atoms with E-state index in [-0.39, 0.29) is 12.0 Å². The average Bonchev–Trinajstić information content (AvgIpc) is 3.24. The second kappa shape index (κ2) is 6.07. The number of allylic oxidation sites excluding steroid dienone is 9. The minimum Gasteiger partial charge on any atom is -0.396 e. The van der Waals surface area contributed by atoms with E-state index in [1.54, 1.807) is 0 Å². The van der Waals surface area contributed by atoms with Crippen molar-refractivity contribution in [2.24, 2.45) is 11.3 Å². The third-order valence-corrected chi connectivity index (χ3v) is 5.85. The summed E-state index contributed by atoms with van der Waals surface area (Å²) in [6.45, 7) is 2.64. The predicted octanol–water partition coefficient (Wildman–Crippen LogP) is 5.18. The first-order valence-electron chi connectivity index (χ1n) is 8.89. The fourth-order valence-electron chi connectivity index (χ4n) is 4.57. The van der Waals surface area contributed by atoms with Crippen molar-refractivity contribution in [2.45, 2.75) is 25.7 Å². The molecule has 0 saturated carbocycles. The highest BCUT2D eigenvalue weighted by Crippen LogP contribution is 2.54. The number of hydrogen-bond acceptors (Lipinski definition) is 1. The average molecular weight is 316 g/mol. The molecule has 0 fully saturated rings. The fourth-order valence-corrected chi connectivity index (χ4v) is 4.57. The van der Waals surface area contributed by atoms with E-state index in [0.717, 1.165) is 12.8 Å². The van der Waals surface area contributed by atoms with Gasteiger partial charge in [0.25, 0.3) is 0 Å². The van der Waals surface area contributed by atoms with Crippen LogP contribution in [-0.2, 0) is 0 Å². The molecule has 1 N–H and O–H groups in total. The van der Waals surface area contributed by atoms with E-state index in [1.165, 1.54) is 22.3 Å². The van der Waals surface area contributed by atoms with E-state index in [2.05, 4.69) is 79.8 Å². The quantitative estimate of drug-likeness (QED) is 0.793. The van der Waals surface area contributed by atoms with Crippen molar-refractivity contribution in [3.8, 4) is 0 Å². The Morgan fingerprint density at radius 2 is 1.92 bits per heavy atom. The summed E-state index contributed by atoms with van der Waals surface area (Å²) in [7, 11) is 0. The van der Waals surface area contributed by atoms with Gasteiger partial charge in [0.1, 0.15) is 0 Å². The zero-order valence-corrected chi connectivity index (χ0v) is 14.2. The summed E-state index contributed by atoms with van der Waals surface area (Å²) in [6, 6.07) is 8.72.